The Kier molecular flexibility index (Phi) is 5.42. The monoisotopic (exact) mass is 319 g/mol. The van der Waals surface area contributed by atoms with Crippen LogP contribution in [0.4, 0.5) is 0 Å². The van der Waals surface area contributed by atoms with Gasteiger partial charge in [-0.15, -0.1) is 0 Å². The van der Waals surface area contributed by atoms with E-state index in [4.69, 9.17) is 4.74 Å². The molecule has 1 fully saturated rings. The van der Waals surface area contributed by atoms with E-state index >= 15 is 0 Å². The van der Waals surface area contributed by atoms with Crippen molar-refractivity contribution in [2.24, 2.45) is 5.41 Å². The Balaban J connectivity index is 2.15. The summed E-state index contributed by atoms with van der Waals surface area (Å²) in [5.74, 6) is -1.69. The van der Waals surface area contributed by atoms with Gasteiger partial charge in [-0.3, -0.25) is 4.90 Å². The first-order valence-electron chi connectivity index (χ1n) is 8.04. The van der Waals surface area contributed by atoms with Gasteiger partial charge in [0.05, 0.1) is 11.1 Å². The molecule has 0 bridgehead atoms. The third kappa shape index (κ3) is 4.55. The lowest BCUT2D eigenvalue weighted by molar-refractivity contribution is -0.0147. The largest absolute Gasteiger partial charge is 0.478 e. The number of hydrogen-bond donors (Lipinski definition) is 1. The Hall–Kier alpha value is -1.88. The number of hydrogen-bond acceptors (Lipinski definition) is 4. The second kappa shape index (κ2) is 7.13. The van der Waals surface area contributed by atoms with Gasteiger partial charge in [-0.25, -0.2) is 9.59 Å². The molecule has 0 saturated carbocycles. The molecular weight excluding hydrogens is 294 g/mol. The molecule has 2 rings (SSSR count). The van der Waals surface area contributed by atoms with Gasteiger partial charge in [0, 0.05) is 12.0 Å². The number of carboxylic acid groups (broad SMARTS) is 1. The zero-order chi connectivity index (χ0) is 17.0. The molecule has 1 aromatic carbocycles. The summed E-state index contributed by atoms with van der Waals surface area (Å²) in [4.78, 5) is 26.1. The van der Waals surface area contributed by atoms with Crippen molar-refractivity contribution in [2.45, 2.75) is 39.7 Å². The SMILES string of the molecule is CC(C)(C)[C@H](CN1CCCC1)OC(=O)c1ccccc1C(=O)O. The van der Waals surface area contributed by atoms with Crippen molar-refractivity contribution in [3.63, 3.8) is 0 Å². The average molecular weight is 319 g/mol. The second-order valence-corrected chi connectivity index (χ2v) is 7.12. The number of rotatable bonds is 5. The normalized spacial score (nSPS) is 17.0. The summed E-state index contributed by atoms with van der Waals surface area (Å²) < 4.78 is 5.71. The molecule has 1 N–H and O–H groups in total. The number of benzene rings is 1. The molecule has 1 aliphatic rings. The van der Waals surface area contributed by atoms with E-state index in [9.17, 15) is 14.7 Å². The Labute approximate surface area is 137 Å². The van der Waals surface area contributed by atoms with E-state index in [0.29, 0.717) is 6.54 Å². The van der Waals surface area contributed by atoms with Crippen molar-refractivity contribution in [1.29, 1.82) is 0 Å². The Morgan fingerprint density at radius 3 is 2.26 bits per heavy atom. The highest BCUT2D eigenvalue weighted by molar-refractivity contribution is 6.02. The summed E-state index contributed by atoms with van der Waals surface area (Å²) in [6.45, 7) is 8.83. The molecule has 1 atom stereocenters. The van der Waals surface area contributed by atoms with Crippen LogP contribution in [0.1, 0.15) is 54.3 Å². The van der Waals surface area contributed by atoms with Crippen LogP contribution in [0.2, 0.25) is 0 Å². The lowest BCUT2D eigenvalue weighted by Crippen LogP contribution is -2.41. The fourth-order valence-corrected chi connectivity index (χ4v) is 2.73. The molecule has 0 aliphatic carbocycles. The van der Waals surface area contributed by atoms with Gasteiger partial charge < -0.3 is 9.84 Å². The summed E-state index contributed by atoms with van der Waals surface area (Å²) in [6, 6.07) is 6.17. The van der Waals surface area contributed by atoms with Crippen LogP contribution < -0.4 is 0 Å². The van der Waals surface area contributed by atoms with E-state index in [1.807, 2.05) is 20.8 Å². The van der Waals surface area contributed by atoms with Crippen molar-refractivity contribution in [2.75, 3.05) is 19.6 Å². The predicted octanol–water partition coefficient (Wildman–Crippen LogP) is 3.05. The number of carboxylic acids is 1. The van der Waals surface area contributed by atoms with Gasteiger partial charge in [-0.05, 0) is 38.1 Å². The van der Waals surface area contributed by atoms with Crippen molar-refractivity contribution in [3.8, 4) is 0 Å². The summed E-state index contributed by atoms with van der Waals surface area (Å²) >= 11 is 0. The van der Waals surface area contributed by atoms with E-state index in [-0.39, 0.29) is 22.6 Å². The fourth-order valence-electron chi connectivity index (χ4n) is 2.73. The third-order valence-corrected chi connectivity index (χ3v) is 4.22. The quantitative estimate of drug-likeness (QED) is 0.845. The highest BCUT2D eigenvalue weighted by Crippen LogP contribution is 2.26. The summed E-state index contributed by atoms with van der Waals surface area (Å²) in [5.41, 5.74) is -0.127. The van der Waals surface area contributed by atoms with Crippen LogP contribution in [0.15, 0.2) is 24.3 Å². The molecule has 23 heavy (non-hydrogen) atoms. The van der Waals surface area contributed by atoms with Crippen LogP contribution in [0.25, 0.3) is 0 Å². The number of aromatic carboxylic acids is 1. The van der Waals surface area contributed by atoms with Crippen LogP contribution in [0, 0.1) is 5.41 Å². The lowest BCUT2D eigenvalue weighted by atomic mass is 9.88. The highest BCUT2D eigenvalue weighted by atomic mass is 16.5. The summed E-state index contributed by atoms with van der Waals surface area (Å²) in [6.07, 6.45) is 2.06. The van der Waals surface area contributed by atoms with Crippen LogP contribution in [0.5, 0.6) is 0 Å². The molecule has 0 aromatic heterocycles. The number of likely N-dealkylation sites (tertiary alicyclic amines) is 1. The molecule has 1 aromatic rings. The zero-order valence-corrected chi connectivity index (χ0v) is 14.0. The molecule has 5 heteroatoms. The maximum atomic E-state index is 12.5. The predicted molar refractivity (Wildman–Crippen MR) is 87.7 cm³/mol. The van der Waals surface area contributed by atoms with E-state index < -0.39 is 11.9 Å². The maximum absolute atomic E-state index is 12.5. The third-order valence-electron chi connectivity index (χ3n) is 4.22. The molecule has 0 unspecified atom stereocenters. The maximum Gasteiger partial charge on any atom is 0.339 e. The second-order valence-electron chi connectivity index (χ2n) is 7.12. The molecule has 0 spiro atoms. The van der Waals surface area contributed by atoms with Crippen LogP contribution in [-0.4, -0.2) is 47.7 Å². The fraction of sp³-hybridized carbons (Fsp3) is 0.556. The standard InChI is InChI=1S/C18H25NO4/c1-18(2,3)15(12-19-10-6-7-11-19)23-17(22)14-9-5-4-8-13(14)16(20)21/h4-5,8-9,15H,6-7,10-12H2,1-3H3,(H,20,21)/t15-/m0/s1. The van der Waals surface area contributed by atoms with E-state index in [1.165, 1.54) is 25.0 Å². The summed E-state index contributed by atoms with van der Waals surface area (Å²) in [7, 11) is 0. The smallest absolute Gasteiger partial charge is 0.339 e. The Bertz CT molecular complexity index is 571. The number of carbonyl (C=O) groups excluding carboxylic acids is 1. The van der Waals surface area contributed by atoms with Gasteiger partial charge in [-0.1, -0.05) is 32.9 Å². The van der Waals surface area contributed by atoms with Gasteiger partial charge in [0.2, 0.25) is 0 Å². The number of esters is 1. The average Bonchev–Trinajstić information content (AvgIpc) is 2.98. The molecule has 1 aliphatic heterocycles. The molecule has 1 saturated heterocycles. The minimum atomic E-state index is -1.12. The minimum Gasteiger partial charge on any atom is -0.478 e. The number of nitrogens with zero attached hydrogens (tertiary/aromatic N) is 1. The van der Waals surface area contributed by atoms with E-state index in [1.54, 1.807) is 12.1 Å². The van der Waals surface area contributed by atoms with Gasteiger partial charge >= 0.3 is 11.9 Å². The number of carbonyl (C=O) groups is 2. The van der Waals surface area contributed by atoms with Gasteiger partial charge in [0.1, 0.15) is 6.10 Å². The number of ether oxygens (including phenoxy) is 1. The molecule has 5 nitrogen and oxygen atoms in total. The molecule has 1 heterocycles. The zero-order valence-electron chi connectivity index (χ0n) is 14.0. The van der Waals surface area contributed by atoms with Gasteiger partial charge in [-0.2, -0.15) is 0 Å². The van der Waals surface area contributed by atoms with Crippen molar-refractivity contribution < 1.29 is 19.4 Å². The Morgan fingerprint density at radius 1 is 1.17 bits per heavy atom. The van der Waals surface area contributed by atoms with Crippen LogP contribution in [-0.2, 0) is 4.74 Å². The first kappa shape index (κ1) is 17.5. The van der Waals surface area contributed by atoms with Gasteiger partial charge in [0.25, 0.3) is 0 Å². The van der Waals surface area contributed by atoms with Crippen molar-refractivity contribution >= 4 is 11.9 Å². The lowest BCUT2D eigenvalue weighted by Gasteiger charge is -2.33. The molecule has 126 valence electrons. The van der Waals surface area contributed by atoms with E-state index in [0.717, 1.165) is 13.1 Å². The minimum absolute atomic E-state index is 0.0219. The first-order valence-corrected chi connectivity index (χ1v) is 8.04. The molecule has 0 amide bonds. The van der Waals surface area contributed by atoms with E-state index in [2.05, 4.69) is 4.90 Å². The van der Waals surface area contributed by atoms with Crippen molar-refractivity contribution in [3.05, 3.63) is 35.4 Å². The van der Waals surface area contributed by atoms with Gasteiger partial charge in [0.15, 0.2) is 0 Å². The first-order chi connectivity index (χ1) is 10.8. The van der Waals surface area contributed by atoms with Crippen LogP contribution in [0.3, 0.4) is 0 Å². The van der Waals surface area contributed by atoms with Crippen molar-refractivity contribution in [1.82, 2.24) is 4.90 Å². The molecular formula is C18H25NO4. The Morgan fingerprint density at radius 2 is 1.74 bits per heavy atom. The molecule has 0 radical (unpaired) electrons. The topological polar surface area (TPSA) is 66.8 Å². The summed E-state index contributed by atoms with van der Waals surface area (Å²) in [5, 5.41) is 9.22. The highest BCUT2D eigenvalue weighted by Gasteiger charge is 2.32. The van der Waals surface area contributed by atoms with Crippen LogP contribution >= 0.6 is 0 Å².